The molecule has 0 saturated carbocycles. The molecule has 108 valence electrons. The molecule has 1 N–H and O–H groups in total. The summed E-state index contributed by atoms with van der Waals surface area (Å²) in [6.45, 7) is 3.84. The molecule has 0 atom stereocenters. The Balaban J connectivity index is 2.11. The van der Waals surface area contributed by atoms with Gasteiger partial charge < -0.3 is 14.9 Å². The Morgan fingerprint density at radius 3 is 2.45 bits per heavy atom. The fourth-order valence-electron chi connectivity index (χ4n) is 2.29. The van der Waals surface area contributed by atoms with Crippen molar-refractivity contribution in [1.82, 2.24) is 9.80 Å². The minimum Gasteiger partial charge on any atom is -0.507 e. The Labute approximate surface area is 126 Å². The van der Waals surface area contributed by atoms with Gasteiger partial charge >= 0.3 is 0 Å². The monoisotopic (exact) mass is 340 g/mol. The lowest BCUT2D eigenvalue weighted by Gasteiger charge is -2.21. The fourth-order valence-corrected chi connectivity index (χ4v) is 2.64. The number of phenolic OH excluding ortho intramolecular Hbond substituents is 1. The van der Waals surface area contributed by atoms with E-state index in [1.165, 1.54) is 13.0 Å². The second kappa shape index (κ2) is 6.26. The van der Waals surface area contributed by atoms with Crippen molar-refractivity contribution in [1.29, 1.82) is 0 Å². The number of amides is 2. The molecule has 0 bridgehead atoms. The third-order valence-electron chi connectivity index (χ3n) is 3.42. The number of hydrogen-bond donors (Lipinski definition) is 1. The van der Waals surface area contributed by atoms with Crippen molar-refractivity contribution in [2.24, 2.45) is 0 Å². The molecule has 0 spiro atoms. The molecule has 0 aromatic heterocycles. The molecule has 2 rings (SSSR count). The van der Waals surface area contributed by atoms with E-state index in [0.717, 1.165) is 10.9 Å². The van der Waals surface area contributed by atoms with Crippen molar-refractivity contribution in [2.75, 3.05) is 26.2 Å². The zero-order valence-corrected chi connectivity index (χ0v) is 12.9. The molecule has 1 saturated heterocycles. The van der Waals surface area contributed by atoms with Gasteiger partial charge in [0.25, 0.3) is 5.91 Å². The van der Waals surface area contributed by atoms with Crippen molar-refractivity contribution in [3.8, 4) is 5.75 Å². The summed E-state index contributed by atoms with van der Waals surface area (Å²) in [4.78, 5) is 27.2. The van der Waals surface area contributed by atoms with Gasteiger partial charge in [-0.25, -0.2) is 0 Å². The van der Waals surface area contributed by atoms with Gasteiger partial charge in [-0.2, -0.15) is 0 Å². The second-order valence-corrected chi connectivity index (χ2v) is 5.73. The van der Waals surface area contributed by atoms with Gasteiger partial charge in [-0.3, -0.25) is 9.59 Å². The van der Waals surface area contributed by atoms with Crippen molar-refractivity contribution >= 4 is 27.7 Å². The Bertz CT molecular complexity index is 533. The van der Waals surface area contributed by atoms with Crippen molar-refractivity contribution in [3.05, 3.63) is 28.2 Å². The molecule has 6 heteroatoms. The SMILES string of the molecule is CC(=O)N1CCCN(C(=O)c2ccc(Br)cc2O)CC1. The topological polar surface area (TPSA) is 60.9 Å². The summed E-state index contributed by atoms with van der Waals surface area (Å²) in [7, 11) is 0. The first-order valence-electron chi connectivity index (χ1n) is 6.52. The molecule has 20 heavy (non-hydrogen) atoms. The Morgan fingerprint density at radius 1 is 1.15 bits per heavy atom. The number of phenols is 1. The van der Waals surface area contributed by atoms with E-state index in [0.29, 0.717) is 31.7 Å². The Hall–Kier alpha value is -1.56. The van der Waals surface area contributed by atoms with Gasteiger partial charge in [-0.05, 0) is 24.6 Å². The van der Waals surface area contributed by atoms with Crippen LogP contribution in [0.5, 0.6) is 5.75 Å². The van der Waals surface area contributed by atoms with Crippen molar-refractivity contribution < 1.29 is 14.7 Å². The summed E-state index contributed by atoms with van der Waals surface area (Å²) < 4.78 is 0.727. The number of nitrogens with zero attached hydrogens (tertiary/aromatic N) is 2. The molecule has 1 aliphatic rings. The lowest BCUT2D eigenvalue weighted by molar-refractivity contribution is -0.128. The van der Waals surface area contributed by atoms with Crippen LogP contribution >= 0.6 is 15.9 Å². The minimum absolute atomic E-state index is 0.0305. The molecule has 0 aliphatic carbocycles. The van der Waals surface area contributed by atoms with Crippen LogP contribution in [-0.4, -0.2) is 52.9 Å². The van der Waals surface area contributed by atoms with Crippen molar-refractivity contribution in [2.45, 2.75) is 13.3 Å². The molecule has 2 amide bonds. The van der Waals surface area contributed by atoms with Gasteiger partial charge in [-0.1, -0.05) is 15.9 Å². The summed E-state index contributed by atoms with van der Waals surface area (Å²) in [5.41, 5.74) is 0.296. The molecular weight excluding hydrogens is 324 g/mol. The number of hydrogen-bond acceptors (Lipinski definition) is 3. The maximum absolute atomic E-state index is 12.4. The summed E-state index contributed by atoms with van der Waals surface area (Å²) in [6, 6.07) is 4.84. The van der Waals surface area contributed by atoms with Crippen LogP contribution in [0.15, 0.2) is 22.7 Å². The van der Waals surface area contributed by atoms with Crippen LogP contribution in [0.25, 0.3) is 0 Å². The van der Waals surface area contributed by atoms with Crippen LogP contribution in [0.4, 0.5) is 0 Å². The number of carbonyl (C=O) groups excluding carboxylic acids is 2. The van der Waals surface area contributed by atoms with Crippen LogP contribution < -0.4 is 0 Å². The van der Waals surface area contributed by atoms with Gasteiger partial charge in [0.15, 0.2) is 0 Å². The van der Waals surface area contributed by atoms with Gasteiger partial charge in [0.1, 0.15) is 5.75 Å². The third-order valence-corrected chi connectivity index (χ3v) is 3.91. The van der Waals surface area contributed by atoms with Crippen LogP contribution in [0.3, 0.4) is 0 Å². The zero-order valence-electron chi connectivity index (χ0n) is 11.3. The van der Waals surface area contributed by atoms with E-state index in [4.69, 9.17) is 0 Å². The van der Waals surface area contributed by atoms with Crippen LogP contribution in [-0.2, 0) is 4.79 Å². The fraction of sp³-hybridized carbons (Fsp3) is 0.429. The van der Waals surface area contributed by atoms with E-state index < -0.39 is 0 Å². The smallest absolute Gasteiger partial charge is 0.257 e. The number of benzene rings is 1. The molecule has 1 fully saturated rings. The van der Waals surface area contributed by atoms with Crippen LogP contribution in [0.1, 0.15) is 23.7 Å². The highest BCUT2D eigenvalue weighted by atomic mass is 79.9. The zero-order chi connectivity index (χ0) is 14.7. The molecule has 0 radical (unpaired) electrons. The summed E-state index contributed by atoms with van der Waals surface area (Å²) >= 11 is 3.25. The van der Waals surface area contributed by atoms with E-state index in [9.17, 15) is 14.7 Å². The standard InChI is InChI=1S/C14H17BrN2O3/c1-10(18)16-5-2-6-17(8-7-16)14(20)12-4-3-11(15)9-13(12)19/h3-4,9,19H,2,5-8H2,1H3. The van der Waals surface area contributed by atoms with Crippen molar-refractivity contribution in [3.63, 3.8) is 0 Å². The Morgan fingerprint density at radius 2 is 1.80 bits per heavy atom. The maximum atomic E-state index is 12.4. The summed E-state index contributed by atoms with van der Waals surface area (Å²) in [5, 5.41) is 9.86. The van der Waals surface area contributed by atoms with Gasteiger partial charge in [0.05, 0.1) is 5.56 Å². The van der Waals surface area contributed by atoms with Crippen LogP contribution in [0, 0.1) is 0 Å². The second-order valence-electron chi connectivity index (χ2n) is 4.81. The lowest BCUT2D eigenvalue weighted by atomic mass is 10.1. The predicted molar refractivity (Wildman–Crippen MR) is 78.6 cm³/mol. The molecule has 1 aliphatic heterocycles. The van der Waals surface area contributed by atoms with E-state index in [2.05, 4.69) is 15.9 Å². The minimum atomic E-state index is -0.194. The maximum Gasteiger partial charge on any atom is 0.257 e. The molecule has 5 nitrogen and oxygen atoms in total. The quantitative estimate of drug-likeness (QED) is 0.848. The lowest BCUT2D eigenvalue weighted by Crippen LogP contribution is -2.36. The first-order chi connectivity index (χ1) is 9.49. The number of aromatic hydroxyl groups is 1. The van der Waals surface area contributed by atoms with Crippen LogP contribution in [0.2, 0.25) is 0 Å². The third kappa shape index (κ3) is 3.30. The number of halogens is 1. The highest BCUT2D eigenvalue weighted by Gasteiger charge is 2.23. The molecule has 1 heterocycles. The summed E-state index contributed by atoms with van der Waals surface area (Å²) in [5.74, 6) is -0.191. The molecule has 0 unspecified atom stereocenters. The van der Waals surface area contributed by atoms with E-state index in [-0.39, 0.29) is 17.6 Å². The van der Waals surface area contributed by atoms with E-state index in [1.54, 1.807) is 21.9 Å². The average Bonchev–Trinajstić information content (AvgIpc) is 2.63. The van der Waals surface area contributed by atoms with E-state index >= 15 is 0 Å². The highest BCUT2D eigenvalue weighted by Crippen LogP contribution is 2.24. The predicted octanol–water partition coefficient (Wildman–Crippen LogP) is 1.85. The number of carbonyl (C=O) groups is 2. The first kappa shape index (κ1) is 14.8. The van der Waals surface area contributed by atoms with Gasteiger partial charge in [-0.15, -0.1) is 0 Å². The van der Waals surface area contributed by atoms with Gasteiger partial charge in [0, 0.05) is 37.6 Å². The molecular formula is C14H17BrN2O3. The highest BCUT2D eigenvalue weighted by molar-refractivity contribution is 9.10. The average molecular weight is 341 g/mol. The largest absolute Gasteiger partial charge is 0.507 e. The molecule has 1 aromatic rings. The summed E-state index contributed by atoms with van der Waals surface area (Å²) in [6.07, 6.45) is 0.753. The Kier molecular flexibility index (Phi) is 4.65. The van der Waals surface area contributed by atoms with Gasteiger partial charge in [0.2, 0.25) is 5.91 Å². The molecule has 1 aromatic carbocycles. The normalized spacial score (nSPS) is 15.9. The van der Waals surface area contributed by atoms with E-state index in [1.807, 2.05) is 0 Å². The number of rotatable bonds is 1. The first-order valence-corrected chi connectivity index (χ1v) is 7.31.